The highest BCUT2D eigenvalue weighted by molar-refractivity contribution is 5.90. The van der Waals surface area contributed by atoms with Crippen molar-refractivity contribution in [2.24, 2.45) is 17.3 Å². The van der Waals surface area contributed by atoms with Crippen LogP contribution >= 0.6 is 0 Å². The van der Waals surface area contributed by atoms with E-state index in [1.165, 1.54) is 4.90 Å². The minimum atomic E-state index is -0.966. The van der Waals surface area contributed by atoms with Gasteiger partial charge in [0.2, 0.25) is 5.91 Å². The maximum atomic E-state index is 13.3. The number of amides is 2. The van der Waals surface area contributed by atoms with Crippen LogP contribution in [-0.4, -0.2) is 46.6 Å². The third-order valence-corrected chi connectivity index (χ3v) is 6.01. The molecule has 2 aliphatic rings. The van der Waals surface area contributed by atoms with Crippen molar-refractivity contribution in [3.05, 3.63) is 35.9 Å². The molecule has 1 aliphatic carbocycles. The van der Waals surface area contributed by atoms with Crippen molar-refractivity contribution in [3.63, 3.8) is 0 Å². The van der Waals surface area contributed by atoms with Crippen LogP contribution in [0.15, 0.2) is 30.3 Å². The molecule has 1 saturated carbocycles. The Morgan fingerprint density at radius 2 is 1.90 bits per heavy atom. The number of ether oxygens (including phenoxy) is 1. The Balaban J connectivity index is 1.70. The van der Waals surface area contributed by atoms with Crippen LogP contribution in [0.5, 0.6) is 0 Å². The minimum absolute atomic E-state index is 0.00194. The first-order valence-corrected chi connectivity index (χ1v) is 10.2. The number of alkyl carbamates (subject to hydrolysis) is 1. The van der Waals surface area contributed by atoms with Crippen molar-refractivity contribution in [2.75, 3.05) is 6.54 Å². The highest BCUT2D eigenvalue weighted by Crippen LogP contribution is 2.43. The van der Waals surface area contributed by atoms with Crippen molar-refractivity contribution in [1.82, 2.24) is 10.2 Å². The summed E-state index contributed by atoms with van der Waals surface area (Å²) in [7, 11) is 0. The zero-order valence-electron chi connectivity index (χ0n) is 17.3. The SMILES string of the molecule is CC(C)(C)C(NC(=O)OCc1ccccc1)C(=O)N1CC2CCCC2C1C(=O)O. The highest BCUT2D eigenvalue weighted by Gasteiger charge is 2.51. The number of rotatable bonds is 5. The Morgan fingerprint density at radius 1 is 1.21 bits per heavy atom. The van der Waals surface area contributed by atoms with Crippen LogP contribution in [0.1, 0.15) is 45.6 Å². The number of aliphatic carboxylic acids is 1. The van der Waals surface area contributed by atoms with Crippen molar-refractivity contribution in [3.8, 4) is 0 Å². The maximum Gasteiger partial charge on any atom is 0.408 e. The second-order valence-corrected chi connectivity index (χ2v) is 9.13. The minimum Gasteiger partial charge on any atom is -0.480 e. The normalized spacial score (nSPS) is 24.7. The van der Waals surface area contributed by atoms with E-state index in [2.05, 4.69) is 5.32 Å². The first-order valence-electron chi connectivity index (χ1n) is 10.2. The number of hydrogen-bond donors (Lipinski definition) is 2. The molecular formula is C22H30N2O5. The number of nitrogens with one attached hydrogen (secondary N) is 1. The average Bonchev–Trinajstić information content (AvgIpc) is 3.24. The Hall–Kier alpha value is -2.57. The quantitative estimate of drug-likeness (QED) is 0.789. The van der Waals surface area contributed by atoms with E-state index in [4.69, 9.17) is 4.74 Å². The lowest BCUT2D eigenvalue weighted by Crippen LogP contribution is -2.57. The lowest BCUT2D eigenvalue weighted by atomic mass is 9.85. The van der Waals surface area contributed by atoms with Crippen LogP contribution < -0.4 is 5.32 Å². The van der Waals surface area contributed by atoms with Gasteiger partial charge in [-0.2, -0.15) is 0 Å². The predicted octanol–water partition coefficient (Wildman–Crippen LogP) is 3.04. The number of hydrogen-bond acceptors (Lipinski definition) is 4. The zero-order valence-corrected chi connectivity index (χ0v) is 17.3. The molecule has 4 unspecified atom stereocenters. The fourth-order valence-electron chi connectivity index (χ4n) is 4.55. The molecule has 2 amide bonds. The lowest BCUT2D eigenvalue weighted by molar-refractivity contribution is -0.151. The summed E-state index contributed by atoms with van der Waals surface area (Å²) in [5, 5.41) is 12.4. The van der Waals surface area contributed by atoms with Gasteiger partial charge in [-0.25, -0.2) is 9.59 Å². The summed E-state index contributed by atoms with van der Waals surface area (Å²) in [6, 6.07) is 7.60. The molecule has 0 aromatic heterocycles. The molecule has 1 aromatic rings. The summed E-state index contributed by atoms with van der Waals surface area (Å²) in [5.41, 5.74) is 0.253. The summed E-state index contributed by atoms with van der Waals surface area (Å²) >= 11 is 0. The van der Waals surface area contributed by atoms with E-state index in [0.29, 0.717) is 6.54 Å². The van der Waals surface area contributed by atoms with Gasteiger partial charge in [-0.1, -0.05) is 57.5 Å². The Bertz CT molecular complexity index is 758. The van der Waals surface area contributed by atoms with Gasteiger partial charge in [0.25, 0.3) is 0 Å². The molecule has 3 rings (SSSR count). The molecule has 0 spiro atoms. The Kier molecular flexibility index (Phi) is 6.15. The summed E-state index contributed by atoms with van der Waals surface area (Å²) in [4.78, 5) is 39.1. The second kappa shape index (κ2) is 8.43. The van der Waals surface area contributed by atoms with Gasteiger partial charge in [-0.15, -0.1) is 0 Å². The number of fused-ring (bicyclic) bond motifs is 1. The van der Waals surface area contributed by atoms with Gasteiger partial charge < -0.3 is 20.1 Å². The zero-order chi connectivity index (χ0) is 21.2. The first kappa shape index (κ1) is 21.1. The summed E-state index contributed by atoms with van der Waals surface area (Å²) in [6.45, 7) is 6.08. The monoisotopic (exact) mass is 402 g/mol. The molecule has 2 fully saturated rings. The number of carboxylic acids is 1. The standard InChI is InChI=1S/C22H30N2O5/c1-22(2,3)18(23-21(28)29-13-14-8-5-4-6-9-14)19(25)24-12-15-10-7-11-16(15)17(24)20(26)27/h4-6,8-9,15-18H,7,10-13H2,1-3H3,(H,23,28)(H,26,27). The molecule has 1 heterocycles. The topological polar surface area (TPSA) is 95.9 Å². The van der Waals surface area contributed by atoms with Crippen LogP contribution in [0.4, 0.5) is 4.79 Å². The molecule has 1 saturated heterocycles. The van der Waals surface area contributed by atoms with E-state index in [9.17, 15) is 19.5 Å². The fraction of sp³-hybridized carbons (Fsp3) is 0.591. The molecular weight excluding hydrogens is 372 g/mol. The molecule has 29 heavy (non-hydrogen) atoms. The van der Waals surface area contributed by atoms with Gasteiger partial charge in [0.05, 0.1) is 0 Å². The van der Waals surface area contributed by atoms with Crippen LogP contribution in [0.25, 0.3) is 0 Å². The molecule has 4 atom stereocenters. The van der Waals surface area contributed by atoms with E-state index in [0.717, 1.165) is 24.8 Å². The molecule has 158 valence electrons. The number of carbonyl (C=O) groups is 3. The van der Waals surface area contributed by atoms with Crippen LogP contribution in [0.3, 0.4) is 0 Å². The van der Waals surface area contributed by atoms with Crippen LogP contribution in [0.2, 0.25) is 0 Å². The van der Waals surface area contributed by atoms with Gasteiger partial charge in [0.15, 0.2) is 0 Å². The predicted molar refractivity (Wildman–Crippen MR) is 107 cm³/mol. The Labute approximate surface area is 171 Å². The largest absolute Gasteiger partial charge is 0.480 e. The third-order valence-electron chi connectivity index (χ3n) is 6.01. The molecule has 1 aromatic carbocycles. The Morgan fingerprint density at radius 3 is 2.52 bits per heavy atom. The van der Waals surface area contributed by atoms with Gasteiger partial charge in [-0.05, 0) is 35.7 Å². The number of carboxylic acid groups (broad SMARTS) is 1. The van der Waals surface area contributed by atoms with Crippen LogP contribution in [0, 0.1) is 17.3 Å². The van der Waals surface area contributed by atoms with E-state index in [-0.39, 0.29) is 24.3 Å². The molecule has 0 bridgehead atoms. The number of likely N-dealkylation sites (tertiary alicyclic amines) is 1. The highest BCUT2D eigenvalue weighted by atomic mass is 16.5. The molecule has 7 heteroatoms. The molecule has 7 nitrogen and oxygen atoms in total. The van der Waals surface area contributed by atoms with Crippen molar-refractivity contribution >= 4 is 18.0 Å². The average molecular weight is 402 g/mol. The molecule has 0 radical (unpaired) electrons. The van der Waals surface area contributed by atoms with Crippen LogP contribution in [-0.2, 0) is 20.9 Å². The lowest BCUT2D eigenvalue weighted by Gasteiger charge is -2.35. The van der Waals surface area contributed by atoms with Gasteiger partial charge in [-0.3, -0.25) is 4.79 Å². The van der Waals surface area contributed by atoms with E-state index >= 15 is 0 Å². The maximum absolute atomic E-state index is 13.3. The number of nitrogens with zero attached hydrogens (tertiary/aromatic N) is 1. The van der Waals surface area contributed by atoms with E-state index in [1.807, 2.05) is 51.1 Å². The van der Waals surface area contributed by atoms with E-state index in [1.54, 1.807) is 0 Å². The van der Waals surface area contributed by atoms with Gasteiger partial charge >= 0.3 is 12.1 Å². The summed E-state index contributed by atoms with van der Waals surface area (Å²) in [5.74, 6) is -1.09. The molecule has 1 aliphatic heterocycles. The van der Waals surface area contributed by atoms with Crippen molar-refractivity contribution in [2.45, 2.75) is 58.7 Å². The number of carbonyl (C=O) groups excluding carboxylic acids is 2. The summed E-state index contributed by atoms with van der Waals surface area (Å²) < 4.78 is 5.28. The number of benzene rings is 1. The molecule has 2 N–H and O–H groups in total. The van der Waals surface area contributed by atoms with Crippen molar-refractivity contribution in [1.29, 1.82) is 0 Å². The van der Waals surface area contributed by atoms with Gasteiger partial charge in [0.1, 0.15) is 18.7 Å². The third kappa shape index (κ3) is 4.71. The second-order valence-electron chi connectivity index (χ2n) is 9.13. The van der Waals surface area contributed by atoms with Crippen molar-refractivity contribution < 1.29 is 24.2 Å². The summed E-state index contributed by atoms with van der Waals surface area (Å²) in [6.07, 6.45) is 2.10. The van der Waals surface area contributed by atoms with Gasteiger partial charge in [0, 0.05) is 6.54 Å². The first-order chi connectivity index (χ1) is 13.7. The smallest absolute Gasteiger partial charge is 0.408 e. The van der Waals surface area contributed by atoms with E-state index < -0.39 is 29.6 Å². The fourth-order valence-corrected chi connectivity index (χ4v) is 4.55.